The van der Waals surface area contributed by atoms with Gasteiger partial charge in [0.05, 0.1) is 11.2 Å². The monoisotopic (exact) mass is 337 g/mol. The van der Waals surface area contributed by atoms with Crippen LogP contribution in [0.15, 0.2) is 48.5 Å². The van der Waals surface area contributed by atoms with Crippen LogP contribution in [0.4, 0.5) is 5.69 Å². The van der Waals surface area contributed by atoms with E-state index in [4.69, 9.17) is 9.31 Å². The van der Waals surface area contributed by atoms with Crippen molar-refractivity contribution < 1.29 is 14.1 Å². The van der Waals surface area contributed by atoms with E-state index in [9.17, 15) is 4.79 Å². The molecular weight excluding hydrogens is 313 g/mol. The van der Waals surface area contributed by atoms with E-state index < -0.39 is 7.12 Å². The Kier molecular flexibility index (Phi) is 4.48. The summed E-state index contributed by atoms with van der Waals surface area (Å²) in [4.78, 5) is 12.4. The fourth-order valence-corrected chi connectivity index (χ4v) is 2.61. The third-order valence-corrected chi connectivity index (χ3v) is 5.01. The zero-order chi connectivity index (χ0) is 18.2. The summed E-state index contributed by atoms with van der Waals surface area (Å²) in [6.07, 6.45) is 0. The average Bonchev–Trinajstić information content (AvgIpc) is 2.78. The van der Waals surface area contributed by atoms with Gasteiger partial charge in [-0.2, -0.15) is 0 Å². The molecule has 1 saturated heterocycles. The Balaban J connectivity index is 1.70. The molecule has 0 bridgehead atoms. The number of aryl methyl sites for hydroxylation is 1. The van der Waals surface area contributed by atoms with E-state index in [0.717, 1.165) is 16.7 Å². The lowest BCUT2D eigenvalue weighted by Gasteiger charge is -2.32. The van der Waals surface area contributed by atoms with Gasteiger partial charge in [0.15, 0.2) is 0 Å². The second-order valence-corrected chi connectivity index (χ2v) is 7.53. The molecule has 25 heavy (non-hydrogen) atoms. The van der Waals surface area contributed by atoms with Crippen LogP contribution in [-0.2, 0) is 9.31 Å². The van der Waals surface area contributed by atoms with Crippen molar-refractivity contribution >= 4 is 24.2 Å². The van der Waals surface area contributed by atoms with Crippen LogP contribution in [0.2, 0.25) is 0 Å². The molecule has 0 saturated carbocycles. The Morgan fingerprint density at radius 1 is 0.880 bits per heavy atom. The second-order valence-electron chi connectivity index (χ2n) is 7.53. The molecule has 2 aromatic carbocycles. The lowest BCUT2D eigenvalue weighted by Crippen LogP contribution is -2.41. The minimum atomic E-state index is -0.417. The van der Waals surface area contributed by atoms with Crippen molar-refractivity contribution in [3.05, 3.63) is 59.7 Å². The SMILES string of the molecule is Cc1ccc(NC(=O)c2ccc(B3OC(C)(C)C(C)(C)O3)cc2)cc1. The number of anilines is 1. The maximum Gasteiger partial charge on any atom is 0.494 e. The molecule has 1 heterocycles. The number of carbonyl (C=O) groups is 1. The standard InChI is InChI=1S/C20H24BNO3/c1-14-6-12-17(13-7-14)22-18(23)15-8-10-16(11-9-15)21-24-19(2,3)20(4,5)25-21/h6-13H,1-5H3,(H,22,23). The van der Waals surface area contributed by atoms with Crippen molar-refractivity contribution in [1.82, 2.24) is 0 Å². The van der Waals surface area contributed by atoms with Crippen molar-refractivity contribution in [2.45, 2.75) is 45.8 Å². The van der Waals surface area contributed by atoms with Gasteiger partial charge in [-0.15, -0.1) is 0 Å². The minimum Gasteiger partial charge on any atom is -0.399 e. The van der Waals surface area contributed by atoms with Crippen LogP contribution in [0.3, 0.4) is 0 Å². The molecule has 3 rings (SSSR count). The molecule has 0 aliphatic carbocycles. The molecule has 1 N–H and O–H groups in total. The third kappa shape index (κ3) is 3.62. The zero-order valence-corrected chi connectivity index (χ0v) is 15.4. The van der Waals surface area contributed by atoms with E-state index in [1.165, 1.54) is 0 Å². The average molecular weight is 337 g/mol. The normalized spacial score (nSPS) is 18.2. The molecule has 4 nitrogen and oxygen atoms in total. The summed E-state index contributed by atoms with van der Waals surface area (Å²) in [5, 5.41) is 2.90. The highest BCUT2D eigenvalue weighted by Crippen LogP contribution is 2.36. The molecule has 0 spiro atoms. The molecule has 5 heteroatoms. The van der Waals surface area contributed by atoms with Gasteiger partial charge in [-0.25, -0.2) is 0 Å². The van der Waals surface area contributed by atoms with Gasteiger partial charge >= 0.3 is 7.12 Å². The molecule has 1 aliphatic rings. The highest BCUT2D eigenvalue weighted by Gasteiger charge is 2.51. The first-order valence-electron chi connectivity index (χ1n) is 8.52. The van der Waals surface area contributed by atoms with E-state index in [-0.39, 0.29) is 17.1 Å². The second kappa shape index (κ2) is 6.32. The number of rotatable bonds is 3. The summed E-state index contributed by atoms with van der Waals surface area (Å²) in [7, 11) is -0.417. The Bertz CT molecular complexity index is 751. The first-order chi connectivity index (χ1) is 11.7. The van der Waals surface area contributed by atoms with E-state index in [2.05, 4.69) is 5.32 Å². The van der Waals surface area contributed by atoms with Crippen LogP contribution in [0.1, 0.15) is 43.6 Å². The highest BCUT2D eigenvalue weighted by molar-refractivity contribution is 6.62. The lowest BCUT2D eigenvalue weighted by atomic mass is 9.79. The quantitative estimate of drug-likeness (QED) is 0.872. The number of carbonyl (C=O) groups excluding carboxylic acids is 1. The van der Waals surface area contributed by atoms with Gasteiger partial charge in [0.1, 0.15) is 0 Å². The van der Waals surface area contributed by atoms with Crippen LogP contribution < -0.4 is 10.8 Å². The Morgan fingerprint density at radius 2 is 1.40 bits per heavy atom. The maximum absolute atomic E-state index is 12.4. The predicted octanol–water partition coefficient (Wildman–Crippen LogP) is 3.55. The number of hydrogen-bond acceptors (Lipinski definition) is 3. The molecule has 2 aromatic rings. The Labute approximate surface area is 149 Å². The summed E-state index contributed by atoms with van der Waals surface area (Å²) in [5.41, 5.74) is 2.69. The molecular formula is C20H24BNO3. The first kappa shape index (κ1) is 17.7. The molecule has 0 unspecified atom stereocenters. The molecule has 0 atom stereocenters. The van der Waals surface area contributed by atoms with E-state index in [1.54, 1.807) is 12.1 Å². The summed E-state index contributed by atoms with van der Waals surface area (Å²) in [5.74, 6) is -0.135. The molecule has 130 valence electrons. The van der Waals surface area contributed by atoms with Crippen molar-refractivity contribution in [3.63, 3.8) is 0 Å². The van der Waals surface area contributed by atoms with Crippen LogP contribution in [0.25, 0.3) is 0 Å². The first-order valence-corrected chi connectivity index (χ1v) is 8.52. The number of nitrogens with one attached hydrogen (secondary N) is 1. The number of hydrogen-bond donors (Lipinski definition) is 1. The summed E-state index contributed by atoms with van der Waals surface area (Å²) < 4.78 is 12.1. The highest BCUT2D eigenvalue weighted by atomic mass is 16.7. The minimum absolute atomic E-state index is 0.135. The molecule has 1 aliphatic heterocycles. The topological polar surface area (TPSA) is 47.6 Å². The third-order valence-electron chi connectivity index (χ3n) is 5.01. The van der Waals surface area contributed by atoms with Crippen LogP contribution >= 0.6 is 0 Å². The molecule has 1 fully saturated rings. The van der Waals surface area contributed by atoms with Gasteiger partial charge in [0.2, 0.25) is 0 Å². The van der Waals surface area contributed by atoms with Crippen molar-refractivity contribution in [3.8, 4) is 0 Å². The zero-order valence-electron chi connectivity index (χ0n) is 15.4. The van der Waals surface area contributed by atoms with Gasteiger partial charge in [-0.3, -0.25) is 4.79 Å². The van der Waals surface area contributed by atoms with Gasteiger partial charge in [0, 0.05) is 11.3 Å². The predicted molar refractivity (Wildman–Crippen MR) is 101 cm³/mol. The van der Waals surface area contributed by atoms with Crippen LogP contribution in [0.5, 0.6) is 0 Å². The number of benzene rings is 2. The fourth-order valence-electron chi connectivity index (χ4n) is 2.61. The maximum atomic E-state index is 12.4. The van der Waals surface area contributed by atoms with Crippen molar-refractivity contribution in [2.75, 3.05) is 5.32 Å². The van der Waals surface area contributed by atoms with Crippen molar-refractivity contribution in [1.29, 1.82) is 0 Å². The van der Waals surface area contributed by atoms with E-state index in [0.29, 0.717) is 5.56 Å². The summed E-state index contributed by atoms with van der Waals surface area (Å²) in [6.45, 7) is 10.1. The van der Waals surface area contributed by atoms with E-state index in [1.807, 2.05) is 71.0 Å². The largest absolute Gasteiger partial charge is 0.494 e. The van der Waals surface area contributed by atoms with E-state index >= 15 is 0 Å². The molecule has 1 amide bonds. The molecule has 0 aromatic heterocycles. The Morgan fingerprint density at radius 3 is 1.92 bits per heavy atom. The van der Waals surface area contributed by atoms with Gasteiger partial charge in [-0.1, -0.05) is 29.8 Å². The van der Waals surface area contributed by atoms with Gasteiger partial charge < -0.3 is 14.6 Å². The Hall–Kier alpha value is -2.11. The summed E-state index contributed by atoms with van der Waals surface area (Å²) >= 11 is 0. The number of amides is 1. The lowest BCUT2D eigenvalue weighted by molar-refractivity contribution is 0.00578. The molecule has 0 radical (unpaired) electrons. The van der Waals surface area contributed by atoms with Crippen LogP contribution in [0, 0.1) is 6.92 Å². The van der Waals surface area contributed by atoms with Gasteiger partial charge in [-0.05, 0) is 64.3 Å². The van der Waals surface area contributed by atoms with Crippen molar-refractivity contribution in [2.24, 2.45) is 0 Å². The fraction of sp³-hybridized carbons (Fsp3) is 0.350. The smallest absolute Gasteiger partial charge is 0.399 e. The summed E-state index contributed by atoms with van der Waals surface area (Å²) in [6, 6.07) is 15.1. The van der Waals surface area contributed by atoms with Crippen LogP contribution in [-0.4, -0.2) is 24.2 Å². The van der Waals surface area contributed by atoms with Gasteiger partial charge in [0.25, 0.3) is 5.91 Å².